The van der Waals surface area contributed by atoms with E-state index in [1.807, 2.05) is 24.3 Å². The van der Waals surface area contributed by atoms with Gasteiger partial charge in [0.25, 0.3) is 0 Å². The molecule has 0 bridgehead atoms. The maximum atomic E-state index is 12.2. The van der Waals surface area contributed by atoms with E-state index in [1.165, 1.54) is 6.33 Å². The Bertz CT molecular complexity index is 632. The van der Waals surface area contributed by atoms with Crippen LogP contribution in [0.4, 0.5) is 4.79 Å². The molecule has 1 N–H and O–H groups in total. The molecule has 0 radical (unpaired) electrons. The number of benzene rings is 1. The fraction of sp³-hybridized carbons (Fsp3) is 0.312. The molecule has 0 aliphatic carbocycles. The number of rotatable bonds is 4. The van der Waals surface area contributed by atoms with E-state index in [0.717, 1.165) is 29.0 Å². The molecule has 2 heterocycles. The molecule has 0 atom stereocenters. The molecule has 6 heteroatoms. The zero-order valence-electron chi connectivity index (χ0n) is 12.5. The highest BCUT2D eigenvalue weighted by Crippen LogP contribution is 2.19. The van der Waals surface area contributed by atoms with Gasteiger partial charge in [-0.15, -0.1) is 0 Å². The molecule has 0 saturated carbocycles. The van der Waals surface area contributed by atoms with Crippen molar-refractivity contribution in [2.24, 2.45) is 0 Å². The van der Waals surface area contributed by atoms with Gasteiger partial charge in [-0.25, -0.2) is 14.8 Å². The van der Waals surface area contributed by atoms with E-state index in [9.17, 15) is 4.79 Å². The number of aromatic nitrogens is 2. The van der Waals surface area contributed by atoms with E-state index in [4.69, 9.17) is 4.74 Å². The number of ether oxygens (including phenoxy) is 1. The summed E-state index contributed by atoms with van der Waals surface area (Å²) in [5.41, 5.74) is 3.12. The summed E-state index contributed by atoms with van der Waals surface area (Å²) in [4.78, 5) is 22.1. The lowest BCUT2D eigenvalue weighted by atomic mass is 10.1. The number of carbonyl (C=O) groups excluding carboxylic acids is 1. The van der Waals surface area contributed by atoms with Crippen molar-refractivity contribution >= 4 is 6.03 Å². The summed E-state index contributed by atoms with van der Waals surface area (Å²) in [5.74, 6) is 0.837. The summed E-state index contributed by atoms with van der Waals surface area (Å²) in [5, 5.41) is 2.94. The van der Waals surface area contributed by atoms with Crippen LogP contribution in [0.2, 0.25) is 0 Å². The second kappa shape index (κ2) is 6.43. The predicted octanol–water partition coefficient (Wildman–Crippen LogP) is 1.75. The van der Waals surface area contributed by atoms with Gasteiger partial charge >= 0.3 is 6.03 Å². The Balaban J connectivity index is 1.47. The molecule has 1 aromatic heterocycles. The highest BCUT2D eigenvalue weighted by Gasteiger charge is 2.23. The van der Waals surface area contributed by atoms with E-state index in [0.29, 0.717) is 19.6 Å². The van der Waals surface area contributed by atoms with Crippen LogP contribution in [0.5, 0.6) is 5.75 Å². The van der Waals surface area contributed by atoms with Gasteiger partial charge in [0, 0.05) is 18.3 Å². The van der Waals surface area contributed by atoms with Gasteiger partial charge in [-0.2, -0.15) is 0 Å². The molecule has 0 unspecified atom stereocenters. The Morgan fingerprint density at radius 3 is 2.86 bits per heavy atom. The van der Waals surface area contributed by atoms with E-state index in [2.05, 4.69) is 15.3 Å². The van der Waals surface area contributed by atoms with Gasteiger partial charge < -0.3 is 15.0 Å². The van der Waals surface area contributed by atoms with Crippen LogP contribution in [0.1, 0.15) is 16.8 Å². The van der Waals surface area contributed by atoms with Crippen LogP contribution in [-0.4, -0.2) is 34.6 Å². The predicted molar refractivity (Wildman–Crippen MR) is 81.4 cm³/mol. The lowest BCUT2D eigenvalue weighted by molar-refractivity contribution is 0.198. The number of nitrogens with zero attached hydrogens (tertiary/aromatic N) is 3. The third kappa shape index (κ3) is 3.16. The number of carbonyl (C=O) groups is 1. The molecule has 1 aliphatic heterocycles. The molecule has 0 fully saturated rings. The van der Waals surface area contributed by atoms with Crippen molar-refractivity contribution in [3.63, 3.8) is 0 Å². The Morgan fingerprint density at radius 2 is 2.14 bits per heavy atom. The molecule has 22 heavy (non-hydrogen) atoms. The molecular weight excluding hydrogens is 280 g/mol. The SMILES string of the molecule is COc1ccc(CCNC(=O)N2Cc3cncnc3C2)cc1. The minimum atomic E-state index is -0.0634. The second-order valence-corrected chi connectivity index (χ2v) is 5.18. The van der Waals surface area contributed by atoms with Gasteiger partial charge in [0.2, 0.25) is 0 Å². The second-order valence-electron chi connectivity index (χ2n) is 5.18. The van der Waals surface area contributed by atoms with Crippen LogP contribution in [0, 0.1) is 0 Å². The van der Waals surface area contributed by atoms with Gasteiger partial charge in [0.1, 0.15) is 12.1 Å². The minimum Gasteiger partial charge on any atom is -0.497 e. The van der Waals surface area contributed by atoms with E-state index >= 15 is 0 Å². The van der Waals surface area contributed by atoms with Gasteiger partial charge in [0.05, 0.1) is 25.9 Å². The Labute approximate surface area is 129 Å². The first-order chi connectivity index (χ1) is 10.8. The van der Waals surface area contributed by atoms with Crippen LogP contribution in [-0.2, 0) is 19.5 Å². The Hall–Kier alpha value is -2.63. The number of hydrogen-bond donors (Lipinski definition) is 1. The van der Waals surface area contributed by atoms with Gasteiger partial charge in [-0.1, -0.05) is 12.1 Å². The topological polar surface area (TPSA) is 67.3 Å². The van der Waals surface area contributed by atoms with E-state index in [1.54, 1.807) is 18.2 Å². The largest absolute Gasteiger partial charge is 0.497 e. The molecular formula is C16H18N4O2. The number of methoxy groups -OCH3 is 1. The van der Waals surface area contributed by atoms with E-state index in [-0.39, 0.29) is 6.03 Å². The first-order valence-corrected chi connectivity index (χ1v) is 7.20. The van der Waals surface area contributed by atoms with Crippen molar-refractivity contribution in [3.8, 4) is 5.75 Å². The molecule has 2 aromatic rings. The van der Waals surface area contributed by atoms with Gasteiger partial charge in [-0.05, 0) is 24.1 Å². The Morgan fingerprint density at radius 1 is 1.32 bits per heavy atom. The first kappa shape index (κ1) is 14.3. The Kier molecular flexibility index (Phi) is 4.18. The minimum absolute atomic E-state index is 0.0634. The van der Waals surface area contributed by atoms with Crippen LogP contribution in [0.3, 0.4) is 0 Å². The monoisotopic (exact) mass is 298 g/mol. The standard InChI is InChI=1S/C16H18N4O2/c1-22-14-4-2-12(3-5-14)6-7-18-16(21)20-9-13-8-17-11-19-15(13)10-20/h2-5,8,11H,6-7,9-10H2,1H3,(H,18,21). The smallest absolute Gasteiger partial charge is 0.318 e. The third-order valence-electron chi connectivity index (χ3n) is 3.72. The first-order valence-electron chi connectivity index (χ1n) is 7.20. The highest BCUT2D eigenvalue weighted by molar-refractivity contribution is 5.74. The summed E-state index contributed by atoms with van der Waals surface area (Å²) in [6.45, 7) is 1.72. The van der Waals surface area contributed by atoms with E-state index < -0.39 is 0 Å². The van der Waals surface area contributed by atoms with Crippen LogP contribution < -0.4 is 10.1 Å². The molecule has 0 spiro atoms. The number of urea groups is 1. The quantitative estimate of drug-likeness (QED) is 0.934. The lowest BCUT2D eigenvalue weighted by Crippen LogP contribution is -2.37. The summed E-state index contributed by atoms with van der Waals surface area (Å²) >= 11 is 0. The zero-order chi connectivity index (χ0) is 15.4. The number of hydrogen-bond acceptors (Lipinski definition) is 4. The van der Waals surface area contributed by atoms with Crippen LogP contribution in [0.15, 0.2) is 36.8 Å². The van der Waals surface area contributed by atoms with Gasteiger partial charge in [-0.3, -0.25) is 0 Å². The molecule has 3 rings (SSSR count). The van der Waals surface area contributed by atoms with Crippen LogP contribution >= 0.6 is 0 Å². The van der Waals surface area contributed by atoms with Crippen molar-refractivity contribution in [3.05, 3.63) is 53.6 Å². The van der Waals surface area contributed by atoms with Crippen molar-refractivity contribution in [1.82, 2.24) is 20.2 Å². The molecule has 1 aromatic carbocycles. The maximum Gasteiger partial charge on any atom is 0.318 e. The molecule has 1 aliphatic rings. The maximum absolute atomic E-state index is 12.2. The number of amides is 2. The van der Waals surface area contributed by atoms with Crippen LogP contribution in [0.25, 0.3) is 0 Å². The molecule has 6 nitrogen and oxygen atoms in total. The average Bonchev–Trinajstić information content (AvgIpc) is 2.99. The van der Waals surface area contributed by atoms with Crippen molar-refractivity contribution < 1.29 is 9.53 Å². The van der Waals surface area contributed by atoms with Crippen molar-refractivity contribution in [1.29, 1.82) is 0 Å². The summed E-state index contributed by atoms with van der Waals surface area (Å²) < 4.78 is 5.12. The summed E-state index contributed by atoms with van der Waals surface area (Å²) in [6, 6.07) is 7.80. The molecule has 2 amide bonds. The fourth-order valence-corrected chi connectivity index (χ4v) is 2.46. The third-order valence-corrected chi connectivity index (χ3v) is 3.72. The average molecular weight is 298 g/mol. The lowest BCUT2D eigenvalue weighted by Gasteiger charge is -2.16. The molecule has 0 saturated heterocycles. The zero-order valence-corrected chi connectivity index (χ0v) is 12.5. The van der Waals surface area contributed by atoms with Crippen molar-refractivity contribution in [2.45, 2.75) is 19.5 Å². The normalized spacial score (nSPS) is 12.9. The number of nitrogens with one attached hydrogen (secondary N) is 1. The summed E-state index contributed by atoms with van der Waals surface area (Å²) in [7, 11) is 1.65. The van der Waals surface area contributed by atoms with Crippen molar-refractivity contribution in [2.75, 3.05) is 13.7 Å². The summed E-state index contributed by atoms with van der Waals surface area (Å²) in [6.07, 6.45) is 4.08. The van der Waals surface area contributed by atoms with Gasteiger partial charge in [0.15, 0.2) is 0 Å². The highest BCUT2D eigenvalue weighted by atomic mass is 16.5. The number of fused-ring (bicyclic) bond motifs is 1. The molecule has 114 valence electrons. The fourth-order valence-electron chi connectivity index (χ4n) is 2.46.